The largest absolute Gasteiger partial charge is 0.448 e. The molecule has 5 nitrogen and oxygen atoms in total. The molecule has 0 radical (unpaired) electrons. The molecule has 0 aliphatic heterocycles. The number of nitrogens with two attached hydrogens (primary N) is 1. The van der Waals surface area contributed by atoms with Crippen LogP contribution in [0.25, 0.3) is 0 Å². The second-order valence-corrected chi connectivity index (χ2v) is 2.97. The molecule has 0 fully saturated rings. The van der Waals surface area contributed by atoms with E-state index in [-0.39, 0.29) is 12.4 Å². The molecular formula is C9H10F3N3O2. The molecule has 0 aliphatic carbocycles. The fourth-order valence-electron chi connectivity index (χ4n) is 1.01. The van der Waals surface area contributed by atoms with Crippen LogP contribution in [0, 0.1) is 0 Å². The summed E-state index contributed by atoms with van der Waals surface area (Å²) in [7, 11) is 0. The summed E-state index contributed by atoms with van der Waals surface area (Å²) < 4.78 is 41.7. The van der Waals surface area contributed by atoms with Gasteiger partial charge >= 0.3 is 12.3 Å². The Labute approximate surface area is 95.0 Å². The van der Waals surface area contributed by atoms with Crippen molar-refractivity contribution in [2.75, 3.05) is 11.6 Å². The number of hydrogen-bond acceptors (Lipinski definition) is 4. The second-order valence-electron chi connectivity index (χ2n) is 2.97. The summed E-state index contributed by atoms with van der Waals surface area (Å²) in [6.45, 7) is 1.61. The highest BCUT2D eigenvalue weighted by molar-refractivity contribution is 5.84. The van der Waals surface area contributed by atoms with Gasteiger partial charge in [-0.25, -0.2) is 15.6 Å². The third kappa shape index (κ3) is 3.31. The van der Waals surface area contributed by atoms with Crippen molar-refractivity contribution in [3.05, 3.63) is 23.9 Å². The highest BCUT2D eigenvalue weighted by Gasteiger charge is 2.31. The molecule has 0 unspecified atom stereocenters. The van der Waals surface area contributed by atoms with E-state index in [1.54, 1.807) is 6.92 Å². The van der Waals surface area contributed by atoms with Crippen LogP contribution in [0.15, 0.2) is 18.3 Å². The molecule has 0 bridgehead atoms. The van der Waals surface area contributed by atoms with Crippen LogP contribution in [0.1, 0.15) is 12.5 Å². The van der Waals surface area contributed by atoms with Crippen LogP contribution >= 0.6 is 0 Å². The zero-order valence-corrected chi connectivity index (χ0v) is 8.86. The Balaban J connectivity index is 2.96. The smallest absolute Gasteiger partial charge is 0.430 e. The third-order valence-electron chi connectivity index (χ3n) is 1.78. The fraction of sp³-hybridized carbons (Fsp3) is 0.333. The molecule has 1 aromatic rings. The van der Waals surface area contributed by atoms with Crippen molar-refractivity contribution < 1.29 is 22.7 Å². The minimum absolute atomic E-state index is 0.0610. The van der Waals surface area contributed by atoms with Gasteiger partial charge in [0.15, 0.2) is 5.82 Å². The Bertz CT molecular complexity index is 409. The Hall–Kier alpha value is -1.83. The number of alkyl halides is 3. The van der Waals surface area contributed by atoms with Crippen LogP contribution in [0.5, 0.6) is 0 Å². The van der Waals surface area contributed by atoms with E-state index >= 15 is 0 Å². The zero-order valence-electron chi connectivity index (χ0n) is 8.86. The molecule has 1 amide bonds. The number of amides is 1. The van der Waals surface area contributed by atoms with Crippen molar-refractivity contribution in [1.82, 2.24) is 4.98 Å². The lowest BCUT2D eigenvalue weighted by molar-refractivity contribution is -0.137. The number of halogens is 3. The Morgan fingerprint density at radius 3 is 2.76 bits per heavy atom. The second kappa shape index (κ2) is 5.00. The van der Waals surface area contributed by atoms with Crippen LogP contribution in [0.2, 0.25) is 0 Å². The molecule has 17 heavy (non-hydrogen) atoms. The molecule has 1 rings (SSSR count). The van der Waals surface area contributed by atoms with Gasteiger partial charge in [-0.1, -0.05) is 0 Å². The number of nitrogens with zero attached hydrogens (tertiary/aromatic N) is 2. The van der Waals surface area contributed by atoms with E-state index in [2.05, 4.69) is 9.72 Å². The van der Waals surface area contributed by atoms with E-state index in [1.165, 1.54) is 0 Å². The lowest BCUT2D eigenvalue weighted by Crippen LogP contribution is -2.38. The summed E-state index contributed by atoms with van der Waals surface area (Å²) >= 11 is 0. The highest BCUT2D eigenvalue weighted by Crippen LogP contribution is 2.30. The van der Waals surface area contributed by atoms with Crippen molar-refractivity contribution in [2.24, 2.45) is 5.84 Å². The average Bonchev–Trinajstić information content (AvgIpc) is 2.27. The summed E-state index contributed by atoms with van der Waals surface area (Å²) in [6.07, 6.45) is -4.58. The first-order chi connectivity index (χ1) is 7.86. The number of aromatic nitrogens is 1. The SMILES string of the molecule is CCOC(=O)N(N)c1cc(C(F)(F)F)ccn1. The molecule has 0 atom stereocenters. The summed E-state index contributed by atoms with van der Waals surface area (Å²) in [5.74, 6) is 4.93. The van der Waals surface area contributed by atoms with E-state index < -0.39 is 17.8 Å². The monoisotopic (exact) mass is 249 g/mol. The minimum Gasteiger partial charge on any atom is -0.448 e. The predicted molar refractivity (Wildman–Crippen MR) is 52.9 cm³/mol. The van der Waals surface area contributed by atoms with Gasteiger partial charge in [0.2, 0.25) is 0 Å². The number of hydrogen-bond donors (Lipinski definition) is 1. The number of pyridine rings is 1. The van der Waals surface area contributed by atoms with Gasteiger partial charge in [-0.3, -0.25) is 0 Å². The summed E-state index contributed by atoms with van der Waals surface area (Å²) in [5.41, 5.74) is -0.942. The van der Waals surface area contributed by atoms with E-state index in [0.717, 1.165) is 12.3 Å². The Morgan fingerprint density at radius 2 is 2.24 bits per heavy atom. The standard InChI is InChI=1S/C9H10F3N3O2/c1-2-17-8(16)15(13)7-5-6(3-4-14-7)9(10,11)12/h3-5H,2,13H2,1H3. The van der Waals surface area contributed by atoms with Gasteiger partial charge < -0.3 is 4.74 Å². The first kappa shape index (κ1) is 13.2. The number of hydrazine groups is 1. The minimum atomic E-state index is -4.52. The summed E-state index contributed by atoms with van der Waals surface area (Å²) in [5, 5.41) is 0.415. The normalized spacial score (nSPS) is 11.1. The average molecular weight is 249 g/mol. The van der Waals surface area contributed by atoms with Crippen LogP contribution in [0.4, 0.5) is 23.8 Å². The predicted octanol–water partition coefficient (Wildman–Crippen LogP) is 1.94. The van der Waals surface area contributed by atoms with Crippen LogP contribution < -0.4 is 10.9 Å². The molecule has 0 aliphatic rings. The van der Waals surface area contributed by atoms with Gasteiger partial charge in [0, 0.05) is 6.20 Å². The molecule has 0 saturated carbocycles. The molecule has 94 valence electrons. The third-order valence-corrected chi connectivity index (χ3v) is 1.78. The number of carbonyl (C=O) groups excluding carboxylic acids is 1. The molecule has 8 heteroatoms. The molecule has 0 spiro atoms. The Kier molecular flexibility index (Phi) is 3.89. The Morgan fingerprint density at radius 1 is 1.59 bits per heavy atom. The first-order valence-electron chi connectivity index (χ1n) is 4.61. The molecule has 0 aromatic carbocycles. The molecule has 1 aromatic heterocycles. The van der Waals surface area contributed by atoms with Crippen molar-refractivity contribution in [1.29, 1.82) is 0 Å². The number of ether oxygens (including phenoxy) is 1. The fourth-order valence-corrected chi connectivity index (χ4v) is 1.01. The maximum absolute atomic E-state index is 12.4. The van der Waals surface area contributed by atoms with Crippen molar-refractivity contribution in [3.63, 3.8) is 0 Å². The van der Waals surface area contributed by atoms with Gasteiger partial charge in [-0.15, -0.1) is 0 Å². The number of rotatable bonds is 2. The quantitative estimate of drug-likeness (QED) is 0.494. The maximum Gasteiger partial charge on any atom is 0.430 e. The van der Waals surface area contributed by atoms with Gasteiger partial charge in [0.05, 0.1) is 12.2 Å². The lowest BCUT2D eigenvalue weighted by atomic mass is 10.2. The number of anilines is 1. The van der Waals surface area contributed by atoms with Crippen molar-refractivity contribution >= 4 is 11.9 Å². The number of carbonyl (C=O) groups is 1. The van der Waals surface area contributed by atoms with E-state index in [9.17, 15) is 18.0 Å². The van der Waals surface area contributed by atoms with Crippen LogP contribution in [0.3, 0.4) is 0 Å². The maximum atomic E-state index is 12.4. The van der Waals surface area contributed by atoms with E-state index in [4.69, 9.17) is 5.84 Å². The van der Waals surface area contributed by atoms with E-state index in [1.807, 2.05) is 0 Å². The van der Waals surface area contributed by atoms with Gasteiger partial charge in [-0.2, -0.15) is 18.2 Å². The summed E-state index contributed by atoms with van der Waals surface area (Å²) in [4.78, 5) is 14.7. The highest BCUT2D eigenvalue weighted by atomic mass is 19.4. The van der Waals surface area contributed by atoms with Gasteiger partial charge in [0.25, 0.3) is 0 Å². The van der Waals surface area contributed by atoms with Crippen molar-refractivity contribution in [3.8, 4) is 0 Å². The molecule has 2 N–H and O–H groups in total. The lowest BCUT2D eigenvalue weighted by Gasteiger charge is -2.16. The molecular weight excluding hydrogens is 239 g/mol. The van der Waals surface area contributed by atoms with Gasteiger partial charge in [-0.05, 0) is 19.1 Å². The van der Waals surface area contributed by atoms with Crippen LogP contribution in [-0.4, -0.2) is 17.7 Å². The topological polar surface area (TPSA) is 68.5 Å². The summed E-state index contributed by atoms with van der Waals surface area (Å²) in [6, 6.07) is 1.44. The molecule has 1 heterocycles. The van der Waals surface area contributed by atoms with Crippen LogP contribution in [-0.2, 0) is 10.9 Å². The zero-order chi connectivity index (χ0) is 13.1. The molecule has 0 saturated heterocycles. The van der Waals surface area contributed by atoms with E-state index in [0.29, 0.717) is 11.1 Å². The first-order valence-corrected chi connectivity index (χ1v) is 4.61. The van der Waals surface area contributed by atoms with Gasteiger partial charge in [0.1, 0.15) is 0 Å². The van der Waals surface area contributed by atoms with Crippen molar-refractivity contribution in [2.45, 2.75) is 13.1 Å².